The summed E-state index contributed by atoms with van der Waals surface area (Å²) in [5.41, 5.74) is 0.815. The first-order valence-corrected chi connectivity index (χ1v) is 6.04. The van der Waals surface area contributed by atoms with E-state index in [1.54, 1.807) is 29.1 Å². The fraction of sp³-hybridized carbons (Fsp3) is 0.200. The van der Waals surface area contributed by atoms with Gasteiger partial charge in [0.05, 0.1) is 23.4 Å². The largest absolute Gasteiger partial charge is 0.390 e. The lowest BCUT2D eigenvalue weighted by atomic mass is 9.95. The zero-order valence-corrected chi connectivity index (χ0v) is 10.4. The van der Waals surface area contributed by atoms with Crippen LogP contribution in [0.4, 0.5) is 0 Å². The molecule has 0 aliphatic heterocycles. The Morgan fingerprint density at radius 3 is 2.37 bits per heavy atom. The number of aliphatic hydroxyl groups excluding tert-OH is 1. The number of hydrogen-bond donors (Lipinski definition) is 2. The van der Waals surface area contributed by atoms with Gasteiger partial charge in [-0.15, -0.1) is 0 Å². The molecule has 0 radical (unpaired) electrons. The molecule has 0 spiro atoms. The SMILES string of the molecule is N#C[C@H](c1ccccc1)[C@@H](O)Cn1ccc(=N)cc1. The second kappa shape index (κ2) is 5.98. The second-order valence-electron chi connectivity index (χ2n) is 4.37. The Bertz CT molecular complexity index is 607. The van der Waals surface area contributed by atoms with Crippen LogP contribution in [0.15, 0.2) is 54.9 Å². The molecular formula is C15H15N3O. The molecule has 0 amide bonds. The van der Waals surface area contributed by atoms with Crippen LogP contribution < -0.4 is 5.36 Å². The summed E-state index contributed by atoms with van der Waals surface area (Å²) in [5, 5.41) is 27.2. The van der Waals surface area contributed by atoms with Crippen molar-refractivity contribution < 1.29 is 5.11 Å². The maximum absolute atomic E-state index is 10.2. The number of benzene rings is 1. The van der Waals surface area contributed by atoms with Gasteiger partial charge in [0.1, 0.15) is 0 Å². The third-order valence-corrected chi connectivity index (χ3v) is 2.97. The standard InChI is InChI=1S/C15H15N3O/c16-10-14(12-4-2-1-3-5-12)15(19)11-18-8-6-13(17)7-9-18/h1-9,14-15,17,19H,11H2/t14-,15+/m1/s1. The molecule has 1 aromatic carbocycles. The van der Waals surface area contributed by atoms with Gasteiger partial charge in [-0.2, -0.15) is 5.26 Å². The van der Waals surface area contributed by atoms with E-state index in [0.29, 0.717) is 11.9 Å². The molecule has 0 aliphatic rings. The quantitative estimate of drug-likeness (QED) is 0.869. The summed E-state index contributed by atoms with van der Waals surface area (Å²) < 4.78 is 1.77. The summed E-state index contributed by atoms with van der Waals surface area (Å²) in [6, 6.07) is 14.7. The van der Waals surface area contributed by atoms with Crippen molar-refractivity contribution in [1.82, 2.24) is 4.57 Å². The third kappa shape index (κ3) is 3.30. The van der Waals surface area contributed by atoms with Gasteiger partial charge in [0.25, 0.3) is 0 Å². The topological polar surface area (TPSA) is 72.8 Å². The normalized spacial score (nSPS) is 13.5. The van der Waals surface area contributed by atoms with E-state index >= 15 is 0 Å². The molecule has 2 N–H and O–H groups in total. The van der Waals surface area contributed by atoms with Crippen molar-refractivity contribution in [3.63, 3.8) is 0 Å². The first kappa shape index (κ1) is 13.1. The highest BCUT2D eigenvalue weighted by Gasteiger charge is 2.20. The lowest BCUT2D eigenvalue weighted by Crippen LogP contribution is -2.23. The summed E-state index contributed by atoms with van der Waals surface area (Å²) in [6.45, 7) is 0.327. The van der Waals surface area contributed by atoms with Crippen molar-refractivity contribution in [1.29, 1.82) is 10.7 Å². The van der Waals surface area contributed by atoms with Gasteiger partial charge in [-0.05, 0) is 17.7 Å². The summed E-state index contributed by atoms with van der Waals surface area (Å²) in [6.07, 6.45) is 2.67. The molecule has 1 heterocycles. The van der Waals surface area contributed by atoms with Gasteiger partial charge in [-0.3, -0.25) is 0 Å². The number of aromatic nitrogens is 1. The van der Waals surface area contributed by atoms with Crippen molar-refractivity contribution in [2.75, 3.05) is 0 Å². The van der Waals surface area contributed by atoms with Gasteiger partial charge in [0.15, 0.2) is 0 Å². The second-order valence-corrected chi connectivity index (χ2v) is 4.37. The van der Waals surface area contributed by atoms with Crippen molar-refractivity contribution >= 4 is 0 Å². The summed E-state index contributed by atoms with van der Waals surface area (Å²) in [5.74, 6) is -0.552. The molecule has 96 valence electrons. The molecular weight excluding hydrogens is 238 g/mol. The Kier molecular flexibility index (Phi) is 4.11. The Balaban J connectivity index is 2.14. The van der Waals surface area contributed by atoms with E-state index < -0.39 is 12.0 Å². The van der Waals surface area contributed by atoms with E-state index in [-0.39, 0.29) is 0 Å². The fourth-order valence-corrected chi connectivity index (χ4v) is 1.94. The highest BCUT2D eigenvalue weighted by molar-refractivity contribution is 5.26. The molecule has 0 saturated heterocycles. The van der Waals surface area contributed by atoms with Gasteiger partial charge >= 0.3 is 0 Å². The van der Waals surface area contributed by atoms with Crippen LogP contribution in [0.2, 0.25) is 0 Å². The molecule has 0 fully saturated rings. The predicted octanol–water partition coefficient (Wildman–Crippen LogP) is 1.64. The van der Waals surface area contributed by atoms with E-state index in [9.17, 15) is 10.4 Å². The zero-order valence-electron chi connectivity index (χ0n) is 10.4. The minimum absolute atomic E-state index is 0.327. The Hall–Kier alpha value is -2.38. The average molecular weight is 253 g/mol. The van der Waals surface area contributed by atoms with Crippen LogP contribution >= 0.6 is 0 Å². The van der Waals surface area contributed by atoms with Crippen LogP contribution in [0.5, 0.6) is 0 Å². The van der Waals surface area contributed by atoms with E-state index in [4.69, 9.17) is 5.41 Å². The Morgan fingerprint density at radius 2 is 1.79 bits per heavy atom. The van der Waals surface area contributed by atoms with Crippen LogP contribution in [0.1, 0.15) is 11.5 Å². The number of nitriles is 1. The van der Waals surface area contributed by atoms with E-state index in [2.05, 4.69) is 6.07 Å². The lowest BCUT2D eigenvalue weighted by molar-refractivity contribution is 0.141. The maximum atomic E-state index is 10.2. The van der Waals surface area contributed by atoms with Crippen molar-refractivity contribution in [2.24, 2.45) is 0 Å². The average Bonchev–Trinajstić information content (AvgIpc) is 2.43. The van der Waals surface area contributed by atoms with Crippen LogP contribution in [0.3, 0.4) is 0 Å². The third-order valence-electron chi connectivity index (χ3n) is 2.97. The minimum Gasteiger partial charge on any atom is -0.390 e. The van der Waals surface area contributed by atoms with Crippen molar-refractivity contribution in [2.45, 2.75) is 18.6 Å². The van der Waals surface area contributed by atoms with Gasteiger partial charge in [-0.1, -0.05) is 30.3 Å². The monoisotopic (exact) mass is 253 g/mol. The molecule has 0 saturated carbocycles. The zero-order chi connectivity index (χ0) is 13.7. The molecule has 4 nitrogen and oxygen atoms in total. The molecule has 0 aliphatic carbocycles. The number of rotatable bonds is 4. The summed E-state index contributed by atoms with van der Waals surface area (Å²) in [4.78, 5) is 0. The number of aliphatic hydroxyl groups is 1. The number of pyridine rings is 1. The van der Waals surface area contributed by atoms with Crippen molar-refractivity contribution in [3.8, 4) is 6.07 Å². The van der Waals surface area contributed by atoms with Crippen LogP contribution in [0, 0.1) is 16.7 Å². The summed E-state index contributed by atoms with van der Waals surface area (Å²) in [7, 11) is 0. The first-order valence-electron chi connectivity index (χ1n) is 6.04. The molecule has 0 unspecified atom stereocenters. The lowest BCUT2D eigenvalue weighted by Gasteiger charge is -2.18. The minimum atomic E-state index is -0.783. The van der Waals surface area contributed by atoms with E-state index in [0.717, 1.165) is 5.56 Å². The van der Waals surface area contributed by atoms with Gasteiger partial charge < -0.3 is 15.1 Å². The summed E-state index contributed by atoms with van der Waals surface area (Å²) >= 11 is 0. The highest BCUT2D eigenvalue weighted by Crippen LogP contribution is 2.19. The predicted molar refractivity (Wildman–Crippen MR) is 71.1 cm³/mol. The van der Waals surface area contributed by atoms with E-state index in [1.807, 2.05) is 30.3 Å². The Morgan fingerprint density at radius 1 is 1.16 bits per heavy atom. The molecule has 2 atom stereocenters. The van der Waals surface area contributed by atoms with Gasteiger partial charge in [-0.25, -0.2) is 0 Å². The molecule has 4 heteroatoms. The van der Waals surface area contributed by atoms with Crippen LogP contribution in [-0.4, -0.2) is 15.8 Å². The van der Waals surface area contributed by atoms with Crippen LogP contribution in [0.25, 0.3) is 0 Å². The molecule has 2 rings (SSSR count). The van der Waals surface area contributed by atoms with Gasteiger partial charge in [0, 0.05) is 18.9 Å². The number of hydrogen-bond acceptors (Lipinski definition) is 3. The molecule has 2 aromatic rings. The number of nitrogens with one attached hydrogen (secondary N) is 1. The van der Waals surface area contributed by atoms with Crippen molar-refractivity contribution in [3.05, 3.63) is 65.8 Å². The Labute approximate surface area is 111 Å². The molecule has 1 aromatic heterocycles. The first-order chi connectivity index (χ1) is 9.20. The van der Waals surface area contributed by atoms with E-state index in [1.165, 1.54) is 0 Å². The van der Waals surface area contributed by atoms with Gasteiger partial charge in [0.2, 0.25) is 0 Å². The fourth-order valence-electron chi connectivity index (χ4n) is 1.94. The maximum Gasteiger partial charge on any atom is 0.0989 e. The highest BCUT2D eigenvalue weighted by atomic mass is 16.3. The van der Waals surface area contributed by atoms with Crippen LogP contribution in [-0.2, 0) is 6.54 Å². The smallest absolute Gasteiger partial charge is 0.0989 e. The number of nitrogens with zero attached hydrogens (tertiary/aromatic N) is 2. The molecule has 0 bridgehead atoms. The molecule has 19 heavy (non-hydrogen) atoms.